The van der Waals surface area contributed by atoms with Crippen molar-refractivity contribution in [2.45, 2.75) is 25.6 Å². The van der Waals surface area contributed by atoms with Gasteiger partial charge < -0.3 is 14.4 Å². The molecule has 2 saturated heterocycles. The van der Waals surface area contributed by atoms with Crippen LogP contribution in [0.3, 0.4) is 0 Å². The third-order valence-electron chi connectivity index (χ3n) is 4.59. The van der Waals surface area contributed by atoms with Crippen LogP contribution in [-0.2, 0) is 16.1 Å². The van der Waals surface area contributed by atoms with Gasteiger partial charge in [-0.25, -0.2) is 15.0 Å². The monoisotopic (exact) mass is 332 g/mol. The Labute approximate surface area is 139 Å². The van der Waals surface area contributed by atoms with Crippen molar-refractivity contribution in [3.05, 3.63) is 34.5 Å². The number of aromatic nitrogens is 3. The molecule has 2 aromatic rings. The van der Waals surface area contributed by atoms with Gasteiger partial charge in [0.2, 0.25) is 5.95 Å². The fraction of sp³-hybridized carbons (Fsp3) is 0.562. The summed E-state index contributed by atoms with van der Waals surface area (Å²) >= 11 is 1.66. The molecule has 2 fully saturated rings. The SMILES string of the molecule is Cc1nc(COC[C@H]2CCOC23CN(c2ncccn2)C3)cs1. The van der Waals surface area contributed by atoms with Gasteiger partial charge in [-0.3, -0.25) is 0 Å². The summed E-state index contributed by atoms with van der Waals surface area (Å²) in [6.45, 7) is 5.83. The molecule has 4 heterocycles. The number of aryl methyl sites for hydroxylation is 1. The highest BCUT2D eigenvalue weighted by molar-refractivity contribution is 7.09. The highest BCUT2D eigenvalue weighted by Crippen LogP contribution is 2.41. The molecule has 0 radical (unpaired) electrons. The maximum Gasteiger partial charge on any atom is 0.225 e. The van der Waals surface area contributed by atoms with E-state index in [2.05, 4.69) is 25.2 Å². The van der Waals surface area contributed by atoms with E-state index in [-0.39, 0.29) is 5.60 Å². The van der Waals surface area contributed by atoms with Gasteiger partial charge in [-0.2, -0.15) is 0 Å². The molecular weight excluding hydrogens is 312 g/mol. The van der Waals surface area contributed by atoms with Gasteiger partial charge in [-0.05, 0) is 19.4 Å². The first-order valence-corrected chi connectivity index (χ1v) is 8.78. The van der Waals surface area contributed by atoms with E-state index in [1.165, 1.54) is 0 Å². The first-order valence-electron chi connectivity index (χ1n) is 7.90. The predicted molar refractivity (Wildman–Crippen MR) is 87.5 cm³/mol. The first-order chi connectivity index (χ1) is 11.3. The topological polar surface area (TPSA) is 60.4 Å². The molecule has 0 saturated carbocycles. The quantitative estimate of drug-likeness (QED) is 0.835. The van der Waals surface area contributed by atoms with Crippen LogP contribution in [0.4, 0.5) is 5.95 Å². The Hall–Kier alpha value is -1.57. The van der Waals surface area contributed by atoms with E-state index in [0.29, 0.717) is 12.5 Å². The lowest BCUT2D eigenvalue weighted by molar-refractivity contribution is -0.0659. The number of anilines is 1. The van der Waals surface area contributed by atoms with Crippen molar-refractivity contribution < 1.29 is 9.47 Å². The number of hydrogen-bond acceptors (Lipinski definition) is 7. The van der Waals surface area contributed by atoms with Crippen molar-refractivity contribution in [2.24, 2.45) is 5.92 Å². The number of nitrogens with zero attached hydrogens (tertiary/aromatic N) is 4. The summed E-state index contributed by atoms with van der Waals surface area (Å²) in [7, 11) is 0. The molecular formula is C16H20N4O2S. The molecule has 2 aromatic heterocycles. The van der Waals surface area contributed by atoms with Crippen LogP contribution in [0.25, 0.3) is 0 Å². The summed E-state index contributed by atoms with van der Waals surface area (Å²) in [5, 5.41) is 3.15. The number of rotatable bonds is 5. The molecule has 0 bridgehead atoms. The third-order valence-corrected chi connectivity index (χ3v) is 5.41. The Kier molecular flexibility index (Phi) is 4.00. The standard InChI is InChI=1S/C16H20N4O2S/c1-12-19-14(9-23-12)8-21-7-13-3-6-22-16(13)10-20(11-16)15-17-4-2-5-18-15/h2,4-5,9,13H,3,6-8,10-11H2,1H3/t13-/m1/s1. The molecule has 4 rings (SSSR count). The second kappa shape index (κ2) is 6.14. The molecule has 0 aliphatic carbocycles. The lowest BCUT2D eigenvalue weighted by Gasteiger charge is -2.50. The van der Waals surface area contributed by atoms with Crippen LogP contribution in [0.5, 0.6) is 0 Å². The van der Waals surface area contributed by atoms with Crippen LogP contribution in [0.1, 0.15) is 17.1 Å². The maximum absolute atomic E-state index is 6.06. The molecule has 122 valence electrons. The van der Waals surface area contributed by atoms with Crippen molar-refractivity contribution in [3.8, 4) is 0 Å². The van der Waals surface area contributed by atoms with E-state index in [1.807, 2.05) is 13.0 Å². The van der Waals surface area contributed by atoms with E-state index in [0.717, 1.165) is 49.4 Å². The number of ether oxygens (including phenoxy) is 2. The van der Waals surface area contributed by atoms with Gasteiger partial charge >= 0.3 is 0 Å². The molecule has 23 heavy (non-hydrogen) atoms. The Morgan fingerprint density at radius 1 is 1.39 bits per heavy atom. The van der Waals surface area contributed by atoms with Crippen LogP contribution in [-0.4, -0.2) is 46.9 Å². The highest BCUT2D eigenvalue weighted by atomic mass is 32.1. The van der Waals surface area contributed by atoms with E-state index in [4.69, 9.17) is 9.47 Å². The molecule has 0 N–H and O–H groups in total. The Bertz CT molecular complexity index is 657. The minimum absolute atomic E-state index is 0.0861. The smallest absolute Gasteiger partial charge is 0.225 e. The van der Waals surface area contributed by atoms with Gasteiger partial charge in [-0.15, -0.1) is 11.3 Å². The van der Waals surface area contributed by atoms with Crippen molar-refractivity contribution >= 4 is 17.3 Å². The predicted octanol–water partition coefficient (Wildman–Crippen LogP) is 2.05. The molecule has 1 spiro atoms. The molecule has 6 nitrogen and oxygen atoms in total. The fourth-order valence-corrected chi connectivity index (χ4v) is 3.94. The van der Waals surface area contributed by atoms with E-state index >= 15 is 0 Å². The zero-order chi connectivity index (χ0) is 15.7. The van der Waals surface area contributed by atoms with Crippen molar-refractivity contribution in [1.82, 2.24) is 15.0 Å². The summed E-state index contributed by atoms with van der Waals surface area (Å²) in [5.74, 6) is 1.22. The summed E-state index contributed by atoms with van der Waals surface area (Å²) in [6.07, 6.45) is 4.61. The van der Waals surface area contributed by atoms with Gasteiger partial charge in [0.15, 0.2) is 0 Å². The molecule has 7 heteroatoms. The molecule has 1 atom stereocenters. The summed E-state index contributed by atoms with van der Waals surface area (Å²) in [5.41, 5.74) is 0.936. The molecule has 0 amide bonds. The van der Waals surface area contributed by atoms with Gasteiger partial charge in [0.1, 0.15) is 5.60 Å². The van der Waals surface area contributed by atoms with E-state index in [9.17, 15) is 0 Å². The maximum atomic E-state index is 6.06. The Morgan fingerprint density at radius 3 is 2.96 bits per heavy atom. The second-order valence-corrected chi connectivity index (χ2v) is 7.24. The zero-order valence-corrected chi connectivity index (χ0v) is 14.0. The zero-order valence-electron chi connectivity index (χ0n) is 13.1. The minimum atomic E-state index is -0.0861. The van der Waals surface area contributed by atoms with Gasteiger partial charge in [0.05, 0.1) is 37.0 Å². The average molecular weight is 332 g/mol. The second-order valence-electron chi connectivity index (χ2n) is 6.18. The molecule has 0 unspecified atom stereocenters. The van der Waals surface area contributed by atoms with Crippen LogP contribution in [0.2, 0.25) is 0 Å². The largest absolute Gasteiger partial charge is 0.375 e. The van der Waals surface area contributed by atoms with E-state index < -0.39 is 0 Å². The van der Waals surface area contributed by atoms with Gasteiger partial charge in [-0.1, -0.05) is 0 Å². The van der Waals surface area contributed by atoms with Crippen LogP contribution < -0.4 is 4.90 Å². The van der Waals surface area contributed by atoms with Crippen molar-refractivity contribution in [3.63, 3.8) is 0 Å². The van der Waals surface area contributed by atoms with Crippen molar-refractivity contribution in [1.29, 1.82) is 0 Å². The highest BCUT2D eigenvalue weighted by Gasteiger charge is 2.53. The molecule has 0 aromatic carbocycles. The summed E-state index contributed by atoms with van der Waals surface area (Å²) in [4.78, 5) is 15.2. The van der Waals surface area contributed by atoms with E-state index in [1.54, 1.807) is 23.7 Å². The third kappa shape index (κ3) is 2.96. The number of hydrogen-bond donors (Lipinski definition) is 0. The lowest BCUT2D eigenvalue weighted by Crippen LogP contribution is -2.66. The summed E-state index contributed by atoms with van der Waals surface area (Å²) < 4.78 is 12.0. The molecule has 2 aliphatic rings. The van der Waals surface area contributed by atoms with Crippen LogP contribution in [0.15, 0.2) is 23.8 Å². The molecule has 2 aliphatic heterocycles. The normalized spacial score (nSPS) is 22.5. The van der Waals surface area contributed by atoms with Crippen LogP contribution in [0, 0.1) is 12.8 Å². The van der Waals surface area contributed by atoms with Gasteiger partial charge in [0.25, 0.3) is 0 Å². The van der Waals surface area contributed by atoms with Gasteiger partial charge in [0, 0.05) is 30.3 Å². The van der Waals surface area contributed by atoms with Crippen molar-refractivity contribution in [2.75, 3.05) is 31.2 Å². The lowest BCUT2D eigenvalue weighted by atomic mass is 9.81. The first kappa shape index (κ1) is 15.0. The fourth-order valence-electron chi connectivity index (χ4n) is 3.35. The average Bonchev–Trinajstić information content (AvgIpc) is 3.13. The Morgan fingerprint density at radius 2 is 2.22 bits per heavy atom. The number of thiazole rings is 1. The Balaban J connectivity index is 1.31. The summed E-state index contributed by atoms with van der Waals surface area (Å²) in [6, 6.07) is 1.84. The minimum Gasteiger partial charge on any atom is -0.375 e. The van der Waals surface area contributed by atoms with Crippen LogP contribution >= 0.6 is 11.3 Å².